The maximum atomic E-state index is 11.8. The standard InChI is InChI=1S/C11H7Cl2N5O/c12-8-2-1-7(3-9(8)13)16-11(19)5-18-6-15-17-10(18)4-14/h1-3,6H,5H2,(H,16,19). The third-order valence-electron chi connectivity index (χ3n) is 2.23. The molecule has 0 aliphatic carbocycles. The van der Waals surface area contributed by atoms with Crippen LogP contribution in [0.15, 0.2) is 24.5 Å². The number of rotatable bonds is 3. The Kier molecular flexibility index (Phi) is 4.00. The summed E-state index contributed by atoms with van der Waals surface area (Å²) < 4.78 is 1.34. The average Bonchev–Trinajstić information content (AvgIpc) is 2.81. The van der Waals surface area contributed by atoms with Gasteiger partial charge in [0.05, 0.1) is 10.0 Å². The number of carbonyl (C=O) groups excluding carboxylic acids is 1. The number of hydrogen-bond acceptors (Lipinski definition) is 4. The van der Waals surface area contributed by atoms with Gasteiger partial charge in [-0.3, -0.25) is 9.36 Å². The van der Waals surface area contributed by atoms with Gasteiger partial charge in [-0.05, 0) is 18.2 Å². The number of hydrogen-bond donors (Lipinski definition) is 1. The van der Waals surface area contributed by atoms with Crippen molar-refractivity contribution in [2.75, 3.05) is 5.32 Å². The lowest BCUT2D eigenvalue weighted by molar-refractivity contribution is -0.116. The molecule has 96 valence electrons. The number of nitriles is 1. The van der Waals surface area contributed by atoms with Crippen molar-refractivity contribution in [3.63, 3.8) is 0 Å². The monoisotopic (exact) mass is 295 g/mol. The van der Waals surface area contributed by atoms with Crippen molar-refractivity contribution < 1.29 is 4.79 Å². The van der Waals surface area contributed by atoms with E-state index in [1.807, 2.05) is 6.07 Å². The lowest BCUT2D eigenvalue weighted by Gasteiger charge is -2.06. The van der Waals surface area contributed by atoms with E-state index in [0.29, 0.717) is 15.7 Å². The molecule has 0 aliphatic heterocycles. The quantitative estimate of drug-likeness (QED) is 0.940. The van der Waals surface area contributed by atoms with Crippen molar-refractivity contribution in [1.29, 1.82) is 5.26 Å². The molecule has 0 atom stereocenters. The summed E-state index contributed by atoms with van der Waals surface area (Å²) >= 11 is 11.6. The lowest BCUT2D eigenvalue weighted by Crippen LogP contribution is -2.19. The first-order valence-corrected chi connectivity index (χ1v) is 5.88. The van der Waals surface area contributed by atoms with E-state index in [4.69, 9.17) is 28.5 Å². The largest absolute Gasteiger partial charge is 0.324 e. The van der Waals surface area contributed by atoms with E-state index in [1.165, 1.54) is 10.9 Å². The van der Waals surface area contributed by atoms with Crippen molar-refractivity contribution in [1.82, 2.24) is 14.8 Å². The van der Waals surface area contributed by atoms with Crippen LogP contribution in [0.4, 0.5) is 5.69 Å². The highest BCUT2D eigenvalue weighted by atomic mass is 35.5. The molecule has 19 heavy (non-hydrogen) atoms. The van der Waals surface area contributed by atoms with Gasteiger partial charge in [-0.25, -0.2) is 0 Å². The van der Waals surface area contributed by atoms with E-state index in [2.05, 4.69) is 15.5 Å². The number of aromatic nitrogens is 3. The number of nitrogens with zero attached hydrogens (tertiary/aromatic N) is 4. The molecule has 0 aliphatic rings. The summed E-state index contributed by atoms with van der Waals surface area (Å²) in [4.78, 5) is 11.8. The van der Waals surface area contributed by atoms with Crippen LogP contribution >= 0.6 is 23.2 Å². The van der Waals surface area contributed by atoms with Gasteiger partial charge in [-0.2, -0.15) is 5.26 Å². The van der Waals surface area contributed by atoms with Crippen molar-refractivity contribution in [2.45, 2.75) is 6.54 Å². The third-order valence-corrected chi connectivity index (χ3v) is 2.97. The minimum absolute atomic E-state index is 0.0594. The molecule has 0 fully saturated rings. The van der Waals surface area contributed by atoms with Crippen LogP contribution in [0, 0.1) is 11.3 Å². The van der Waals surface area contributed by atoms with Crippen molar-refractivity contribution in [3.8, 4) is 6.07 Å². The molecular formula is C11H7Cl2N5O. The van der Waals surface area contributed by atoms with Crippen LogP contribution in [-0.4, -0.2) is 20.7 Å². The third kappa shape index (κ3) is 3.22. The highest BCUT2D eigenvalue weighted by Crippen LogP contribution is 2.24. The van der Waals surface area contributed by atoms with E-state index in [1.54, 1.807) is 18.2 Å². The second-order valence-electron chi connectivity index (χ2n) is 3.57. The van der Waals surface area contributed by atoms with Gasteiger partial charge in [0.25, 0.3) is 0 Å². The van der Waals surface area contributed by atoms with E-state index >= 15 is 0 Å². The highest BCUT2D eigenvalue weighted by molar-refractivity contribution is 6.42. The summed E-state index contributed by atoms with van der Waals surface area (Å²) in [5, 5.41) is 19.2. The first-order valence-electron chi connectivity index (χ1n) is 5.13. The Balaban J connectivity index is 2.06. The molecule has 1 aromatic heterocycles. The number of amides is 1. The van der Waals surface area contributed by atoms with Crippen molar-refractivity contribution >= 4 is 34.8 Å². The second-order valence-corrected chi connectivity index (χ2v) is 4.39. The van der Waals surface area contributed by atoms with Crippen molar-refractivity contribution in [3.05, 3.63) is 40.4 Å². The molecule has 0 saturated carbocycles. The Morgan fingerprint density at radius 1 is 1.42 bits per heavy atom. The SMILES string of the molecule is N#Cc1nncn1CC(=O)Nc1ccc(Cl)c(Cl)c1. The van der Waals surface area contributed by atoms with Crippen LogP contribution in [0.1, 0.15) is 5.82 Å². The number of anilines is 1. The van der Waals surface area contributed by atoms with Gasteiger partial charge in [0.1, 0.15) is 18.9 Å². The Bertz CT molecular complexity index is 661. The molecule has 1 aromatic carbocycles. The minimum atomic E-state index is -0.324. The fourth-order valence-electron chi connectivity index (χ4n) is 1.39. The first-order chi connectivity index (χ1) is 9.10. The topological polar surface area (TPSA) is 83.6 Å². The van der Waals surface area contributed by atoms with Gasteiger partial charge >= 0.3 is 0 Å². The van der Waals surface area contributed by atoms with Crippen LogP contribution < -0.4 is 5.32 Å². The second kappa shape index (κ2) is 5.69. The molecule has 1 N–H and O–H groups in total. The lowest BCUT2D eigenvalue weighted by atomic mass is 10.3. The molecule has 1 amide bonds. The maximum absolute atomic E-state index is 11.8. The molecule has 0 unspecified atom stereocenters. The summed E-state index contributed by atoms with van der Waals surface area (Å²) in [7, 11) is 0. The summed E-state index contributed by atoms with van der Waals surface area (Å²) in [6.07, 6.45) is 1.31. The molecule has 0 bridgehead atoms. The Morgan fingerprint density at radius 3 is 2.89 bits per heavy atom. The number of halogens is 2. The molecule has 0 radical (unpaired) electrons. The van der Waals surface area contributed by atoms with Gasteiger partial charge in [-0.1, -0.05) is 23.2 Å². The summed E-state index contributed by atoms with van der Waals surface area (Å²) in [5.41, 5.74) is 0.519. The molecule has 6 nitrogen and oxygen atoms in total. The van der Waals surface area contributed by atoms with Gasteiger partial charge in [0, 0.05) is 5.69 Å². The Labute approximate surface area is 118 Å². The maximum Gasteiger partial charge on any atom is 0.244 e. The zero-order valence-corrected chi connectivity index (χ0v) is 11.0. The first kappa shape index (κ1) is 13.3. The fraction of sp³-hybridized carbons (Fsp3) is 0.0909. The van der Waals surface area contributed by atoms with E-state index in [9.17, 15) is 4.79 Å². The highest BCUT2D eigenvalue weighted by Gasteiger charge is 2.09. The van der Waals surface area contributed by atoms with Crippen molar-refractivity contribution in [2.24, 2.45) is 0 Å². The average molecular weight is 296 g/mol. The smallest absolute Gasteiger partial charge is 0.244 e. The van der Waals surface area contributed by atoms with Gasteiger partial charge in [-0.15, -0.1) is 10.2 Å². The number of carbonyl (C=O) groups is 1. The zero-order valence-electron chi connectivity index (χ0n) is 9.47. The van der Waals surface area contributed by atoms with Crippen LogP contribution in [0.5, 0.6) is 0 Å². The normalized spacial score (nSPS) is 9.95. The van der Waals surface area contributed by atoms with Gasteiger partial charge in [0.2, 0.25) is 11.7 Å². The molecule has 0 spiro atoms. The van der Waals surface area contributed by atoms with Crippen LogP contribution in [0.2, 0.25) is 10.0 Å². The Hall–Kier alpha value is -2.10. The van der Waals surface area contributed by atoms with E-state index in [0.717, 1.165) is 0 Å². The van der Waals surface area contributed by atoms with Crippen LogP contribution in [-0.2, 0) is 11.3 Å². The zero-order chi connectivity index (χ0) is 13.8. The predicted molar refractivity (Wildman–Crippen MR) is 69.8 cm³/mol. The predicted octanol–water partition coefficient (Wildman–Crippen LogP) is 2.10. The van der Waals surface area contributed by atoms with E-state index < -0.39 is 0 Å². The number of nitrogens with one attached hydrogen (secondary N) is 1. The molecule has 1 heterocycles. The van der Waals surface area contributed by atoms with Crippen LogP contribution in [0.3, 0.4) is 0 Å². The minimum Gasteiger partial charge on any atom is -0.324 e. The molecule has 2 aromatic rings. The summed E-state index contributed by atoms with van der Waals surface area (Å²) in [5.74, 6) is -0.251. The summed E-state index contributed by atoms with van der Waals surface area (Å²) in [6, 6.07) is 6.58. The van der Waals surface area contributed by atoms with Gasteiger partial charge in [0.15, 0.2) is 0 Å². The Morgan fingerprint density at radius 2 is 2.21 bits per heavy atom. The van der Waals surface area contributed by atoms with Crippen LogP contribution in [0.25, 0.3) is 0 Å². The molecular weight excluding hydrogens is 289 g/mol. The van der Waals surface area contributed by atoms with E-state index in [-0.39, 0.29) is 18.3 Å². The molecule has 2 rings (SSSR count). The molecule has 0 saturated heterocycles. The molecule has 8 heteroatoms. The number of benzene rings is 1. The summed E-state index contributed by atoms with van der Waals surface area (Å²) in [6.45, 7) is -0.0594. The fourth-order valence-corrected chi connectivity index (χ4v) is 1.68. The van der Waals surface area contributed by atoms with Gasteiger partial charge < -0.3 is 5.32 Å².